The van der Waals surface area contributed by atoms with E-state index in [1.807, 2.05) is 95.2 Å². The van der Waals surface area contributed by atoms with Crippen LogP contribution < -0.4 is 4.90 Å². The number of nitriles is 3. The van der Waals surface area contributed by atoms with Gasteiger partial charge in [-0.1, -0.05) is 72.4 Å². The predicted octanol–water partition coefficient (Wildman–Crippen LogP) is 7.08. The Morgan fingerprint density at radius 3 is 2.09 bits per heavy atom. The maximum atomic E-state index is 10.4. The summed E-state index contributed by atoms with van der Waals surface area (Å²) in [5.74, 6) is 0. The van der Waals surface area contributed by atoms with E-state index in [-0.39, 0.29) is 11.1 Å². The highest BCUT2D eigenvalue weighted by atomic mass is 32.2. The number of fused-ring (bicyclic) bond motifs is 1. The number of para-hydroxylation sites is 2. The molecule has 0 spiro atoms. The van der Waals surface area contributed by atoms with Crippen LogP contribution in [0.3, 0.4) is 0 Å². The molecule has 7 heteroatoms. The van der Waals surface area contributed by atoms with Gasteiger partial charge in [-0.05, 0) is 29.8 Å². The van der Waals surface area contributed by atoms with Gasteiger partial charge in [-0.25, -0.2) is 4.98 Å². The first kappa shape index (κ1) is 22.2. The number of rotatable bonds is 4. The van der Waals surface area contributed by atoms with Gasteiger partial charge in [0.25, 0.3) is 0 Å². The minimum Gasteiger partial charge on any atom is -0.300 e. The van der Waals surface area contributed by atoms with Crippen LogP contribution in [-0.2, 0) is 0 Å². The van der Waals surface area contributed by atoms with Crippen LogP contribution in [0.25, 0.3) is 21.5 Å². The zero-order valence-electron chi connectivity index (χ0n) is 18.2. The van der Waals surface area contributed by atoms with Gasteiger partial charge in [-0.15, -0.1) is 11.3 Å². The minimum atomic E-state index is -0.109. The van der Waals surface area contributed by atoms with E-state index in [0.29, 0.717) is 16.2 Å². The SMILES string of the molecule is N#CC(C#N)=C(/C(C#N)=C1/SC=C(c2nc3ccccc3s2)N1c1ccccc1)c1ccccc1. The topological polar surface area (TPSA) is 87.5 Å². The summed E-state index contributed by atoms with van der Waals surface area (Å²) in [6, 6.07) is 33.0. The Kier molecular flexibility index (Phi) is 6.16. The number of allylic oxidation sites excluding steroid dienone is 3. The van der Waals surface area contributed by atoms with E-state index in [1.165, 1.54) is 11.8 Å². The molecule has 0 bridgehead atoms. The first-order chi connectivity index (χ1) is 17.2. The van der Waals surface area contributed by atoms with E-state index in [9.17, 15) is 15.8 Å². The molecule has 0 fully saturated rings. The van der Waals surface area contributed by atoms with Crippen molar-refractivity contribution in [1.29, 1.82) is 15.8 Å². The summed E-state index contributed by atoms with van der Waals surface area (Å²) in [7, 11) is 0. The molecular weight excluding hydrogens is 470 g/mol. The summed E-state index contributed by atoms with van der Waals surface area (Å²) >= 11 is 2.96. The van der Waals surface area contributed by atoms with Crippen LogP contribution in [0.4, 0.5) is 5.69 Å². The van der Waals surface area contributed by atoms with Crippen molar-refractivity contribution in [1.82, 2.24) is 4.98 Å². The van der Waals surface area contributed by atoms with Gasteiger partial charge >= 0.3 is 0 Å². The third-order valence-corrected chi connectivity index (χ3v) is 7.38. The molecule has 1 aromatic heterocycles. The Hall–Kier alpha value is -4.61. The third kappa shape index (κ3) is 4.09. The van der Waals surface area contributed by atoms with Crippen LogP contribution in [0.2, 0.25) is 0 Å². The molecule has 35 heavy (non-hydrogen) atoms. The fourth-order valence-corrected chi connectivity index (χ4v) is 5.89. The highest BCUT2D eigenvalue weighted by Crippen LogP contribution is 2.47. The molecule has 0 aliphatic carbocycles. The fraction of sp³-hybridized carbons (Fsp3) is 0. The maximum Gasteiger partial charge on any atom is 0.142 e. The van der Waals surface area contributed by atoms with Gasteiger partial charge in [0.15, 0.2) is 0 Å². The van der Waals surface area contributed by atoms with Crippen LogP contribution in [0.1, 0.15) is 10.6 Å². The van der Waals surface area contributed by atoms with Crippen molar-refractivity contribution in [3.8, 4) is 18.2 Å². The molecule has 4 aromatic rings. The second kappa shape index (κ2) is 9.71. The smallest absolute Gasteiger partial charge is 0.142 e. The average Bonchev–Trinajstić information content (AvgIpc) is 3.54. The van der Waals surface area contributed by atoms with Crippen molar-refractivity contribution < 1.29 is 0 Å². The van der Waals surface area contributed by atoms with Gasteiger partial charge in [0, 0.05) is 16.7 Å². The summed E-state index contributed by atoms with van der Waals surface area (Å²) < 4.78 is 1.07. The van der Waals surface area contributed by atoms with E-state index < -0.39 is 0 Å². The highest BCUT2D eigenvalue weighted by molar-refractivity contribution is 8.06. The first-order valence-electron chi connectivity index (χ1n) is 10.6. The number of thiazole rings is 1. The van der Waals surface area contributed by atoms with Crippen molar-refractivity contribution in [3.63, 3.8) is 0 Å². The van der Waals surface area contributed by atoms with E-state index in [4.69, 9.17) is 4.98 Å². The first-order valence-corrected chi connectivity index (χ1v) is 12.3. The average molecular weight is 486 g/mol. The summed E-state index contributed by atoms with van der Waals surface area (Å²) in [5, 5.41) is 33.2. The van der Waals surface area contributed by atoms with E-state index >= 15 is 0 Å². The Morgan fingerprint density at radius 1 is 0.771 bits per heavy atom. The molecule has 5 rings (SSSR count). The lowest BCUT2D eigenvalue weighted by Gasteiger charge is -2.24. The normalized spacial score (nSPS) is 14.0. The molecule has 1 aliphatic rings. The van der Waals surface area contributed by atoms with Gasteiger partial charge in [-0.3, -0.25) is 0 Å². The monoisotopic (exact) mass is 485 g/mol. The van der Waals surface area contributed by atoms with Crippen LogP contribution >= 0.6 is 23.1 Å². The predicted molar refractivity (Wildman–Crippen MR) is 141 cm³/mol. The van der Waals surface area contributed by atoms with E-state index in [0.717, 1.165) is 26.6 Å². The van der Waals surface area contributed by atoms with Crippen molar-refractivity contribution in [3.05, 3.63) is 117 Å². The number of anilines is 1. The number of benzene rings is 3. The third-order valence-electron chi connectivity index (χ3n) is 5.37. The van der Waals surface area contributed by atoms with Crippen molar-refractivity contribution >= 4 is 50.3 Å². The Bertz CT molecular complexity index is 1590. The summed E-state index contributed by atoms with van der Waals surface area (Å²) in [6.07, 6.45) is 0. The second-order valence-electron chi connectivity index (χ2n) is 7.41. The van der Waals surface area contributed by atoms with Gasteiger partial charge < -0.3 is 4.90 Å². The lowest BCUT2D eigenvalue weighted by molar-refractivity contribution is 1.25. The quantitative estimate of drug-likeness (QED) is 0.287. The van der Waals surface area contributed by atoms with Gasteiger partial charge in [0.05, 0.1) is 21.5 Å². The lowest BCUT2D eigenvalue weighted by atomic mass is 9.94. The van der Waals surface area contributed by atoms with E-state index in [2.05, 4.69) is 6.07 Å². The van der Waals surface area contributed by atoms with Crippen LogP contribution in [0.5, 0.6) is 0 Å². The molecule has 0 N–H and O–H groups in total. The van der Waals surface area contributed by atoms with Crippen LogP contribution in [0, 0.1) is 34.0 Å². The van der Waals surface area contributed by atoms with Crippen molar-refractivity contribution in [2.75, 3.05) is 4.90 Å². The second-order valence-corrected chi connectivity index (χ2v) is 9.30. The van der Waals surface area contributed by atoms with Crippen LogP contribution in [0.15, 0.2) is 107 Å². The molecule has 2 heterocycles. The van der Waals surface area contributed by atoms with E-state index in [1.54, 1.807) is 23.5 Å². The number of hydrogen-bond donors (Lipinski definition) is 0. The molecule has 0 amide bonds. The molecule has 1 aliphatic heterocycles. The zero-order chi connectivity index (χ0) is 24.2. The van der Waals surface area contributed by atoms with Crippen molar-refractivity contribution in [2.24, 2.45) is 0 Å². The molecule has 164 valence electrons. The molecule has 0 atom stereocenters. The highest BCUT2D eigenvalue weighted by Gasteiger charge is 2.31. The molecule has 0 saturated carbocycles. The lowest BCUT2D eigenvalue weighted by Crippen LogP contribution is -2.17. The van der Waals surface area contributed by atoms with Crippen molar-refractivity contribution in [2.45, 2.75) is 0 Å². The molecule has 5 nitrogen and oxygen atoms in total. The standard InChI is InChI=1S/C28H15N5S2/c29-15-20(16-30)26(19-9-3-1-4-10-19)22(17-31)28-33(21-11-5-2-6-12-21)24(18-34-28)27-32-23-13-7-8-14-25(23)35-27/h1-14,18H/b28-22+. The van der Waals surface area contributed by atoms with Gasteiger partial charge in [0.2, 0.25) is 0 Å². The number of hydrogen-bond acceptors (Lipinski definition) is 7. The number of aromatic nitrogens is 1. The van der Waals surface area contributed by atoms with Gasteiger partial charge in [-0.2, -0.15) is 15.8 Å². The molecule has 0 unspecified atom stereocenters. The minimum absolute atomic E-state index is 0.109. The fourth-order valence-electron chi connectivity index (χ4n) is 3.82. The Morgan fingerprint density at radius 2 is 1.43 bits per heavy atom. The molecule has 0 saturated heterocycles. The summed E-state index contributed by atoms with van der Waals surface area (Å²) in [4.78, 5) is 6.82. The molecular formula is C28H15N5S2. The molecule has 0 radical (unpaired) electrons. The Labute approximate surface area is 210 Å². The molecule has 3 aromatic carbocycles. The summed E-state index contributed by atoms with van der Waals surface area (Å²) in [5.41, 5.74) is 3.71. The van der Waals surface area contributed by atoms with Gasteiger partial charge in [0.1, 0.15) is 33.8 Å². The Balaban J connectivity index is 1.75. The number of nitrogens with zero attached hydrogens (tertiary/aromatic N) is 5. The number of thioether (sulfide) groups is 1. The maximum absolute atomic E-state index is 10.4. The largest absolute Gasteiger partial charge is 0.300 e. The summed E-state index contributed by atoms with van der Waals surface area (Å²) in [6.45, 7) is 0. The zero-order valence-corrected chi connectivity index (χ0v) is 19.8. The van der Waals surface area contributed by atoms with Crippen LogP contribution in [-0.4, -0.2) is 4.98 Å².